The highest BCUT2D eigenvalue weighted by Crippen LogP contribution is 2.37. The van der Waals surface area contributed by atoms with E-state index < -0.39 is 0 Å². The van der Waals surface area contributed by atoms with Crippen molar-refractivity contribution in [1.29, 1.82) is 0 Å². The molecule has 0 aliphatic heterocycles. The second kappa shape index (κ2) is 14.9. The SMILES string of the molecule is CCCCCCCCCCCCOc1c(OC)cccc1OCCC. The number of rotatable bonds is 16. The van der Waals surface area contributed by atoms with E-state index in [2.05, 4.69) is 13.8 Å². The Morgan fingerprint density at radius 1 is 0.640 bits per heavy atom. The predicted molar refractivity (Wildman–Crippen MR) is 106 cm³/mol. The fourth-order valence-electron chi connectivity index (χ4n) is 2.89. The van der Waals surface area contributed by atoms with Gasteiger partial charge in [0, 0.05) is 0 Å². The summed E-state index contributed by atoms with van der Waals surface area (Å²) < 4.78 is 17.2. The standard InChI is InChI=1S/C22H38O3/c1-4-6-7-8-9-10-11-12-13-14-19-25-22-20(23-3)16-15-17-21(22)24-18-5-2/h15-17H,4-14,18-19H2,1-3H3. The first kappa shape index (κ1) is 21.7. The van der Waals surface area contributed by atoms with Gasteiger partial charge < -0.3 is 14.2 Å². The number of methoxy groups -OCH3 is 1. The molecule has 0 atom stereocenters. The summed E-state index contributed by atoms with van der Waals surface area (Å²) >= 11 is 0. The predicted octanol–water partition coefficient (Wildman–Crippen LogP) is 6.78. The zero-order valence-corrected chi connectivity index (χ0v) is 16.6. The first-order valence-electron chi connectivity index (χ1n) is 10.3. The number of para-hydroxylation sites is 1. The molecular formula is C22H38O3. The van der Waals surface area contributed by atoms with Crippen molar-refractivity contribution >= 4 is 0 Å². The minimum atomic E-state index is 0.696. The van der Waals surface area contributed by atoms with E-state index in [1.54, 1.807) is 7.11 Å². The van der Waals surface area contributed by atoms with E-state index in [-0.39, 0.29) is 0 Å². The highest BCUT2D eigenvalue weighted by molar-refractivity contribution is 5.51. The van der Waals surface area contributed by atoms with Crippen molar-refractivity contribution in [3.63, 3.8) is 0 Å². The fraction of sp³-hybridized carbons (Fsp3) is 0.727. The number of benzene rings is 1. The number of unbranched alkanes of at least 4 members (excludes halogenated alkanes) is 9. The molecule has 0 radical (unpaired) electrons. The summed E-state index contributed by atoms with van der Waals surface area (Å²) in [5.41, 5.74) is 0. The molecule has 0 aromatic heterocycles. The molecule has 1 aromatic carbocycles. The van der Waals surface area contributed by atoms with Gasteiger partial charge in [0.1, 0.15) is 0 Å². The van der Waals surface area contributed by atoms with Crippen LogP contribution in [-0.4, -0.2) is 20.3 Å². The molecule has 0 saturated heterocycles. The highest BCUT2D eigenvalue weighted by atomic mass is 16.5. The summed E-state index contributed by atoms with van der Waals surface area (Å²) in [4.78, 5) is 0. The third-order valence-corrected chi connectivity index (χ3v) is 4.37. The van der Waals surface area contributed by atoms with Crippen LogP contribution in [0.3, 0.4) is 0 Å². The Hall–Kier alpha value is -1.38. The van der Waals surface area contributed by atoms with Crippen molar-refractivity contribution in [2.24, 2.45) is 0 Å². The molecule has 0 N–H and O–H groups in total. The number of hydrogen-bond donors (Lipinski definition) is 0. The third-order valence-electron chi connectivity index (χ3n) is 4.37. The lowest BCUT2D eigenvalue weighted by atomic mass is 10.1. The van der Waals surface area contributed by atoms with Crippen LogP contribution in [0.2, 0.25) is 0 Å². The Bertz CT molecular complexity index is 431. The van der Waals surface area contributed by atoms with E-state index in [0.29, 0.717) is 6.61 Å². The lowest BCUT2D eigenvalue weighted by Gasteiger charge is -2.15. The monoisotopic (exact) mass is 350 g/mol. The smallest absolute Gasteiger partial charge is 0.203 e. The molecule has 0 amide bonds. The Balaban J connectivity index is 2.18. The van der Waals surface area contributed by atoms with Crippen molar-refractivity contribution in [2.45, 2.75) is 84.5 Å². The molecule has 0 bridgehead atoms. The zero-order chi connectivity index (χ0) is 18.2. The van der Waals surface area contributed by atoms with Crippen LogP contribution < -0.4 is 14.2 Å². The molecular weight excluding hydrogens is 312 g/mol. The average Bonchev–Trinajstić information content (AvgIpc) is 2.64. The number of ether oxygens (including phenoxy) is 3. The largest absolute Gasteiger partial charge is 0.493 e. The molecule has 0 saturated carbocycles. The normalized spacial score (nSPS) is 10.7. The van der Waals surface area contributed by atoms with Crippen LogP contribution in [-0.2, 0) is 0 Å². The Morgan fingerprint density at radius 3 is 1.84 bits per heavy atom. The summed E-state index contributed by atoms with van der Waals surface area (Å²) in [6.07, 6.45) is 14.3. The maximum Gasteiger partial charge on any atom is 0.203 e. The van der Waals surface area contributed by atoms with Crippen molar-refractivity contribution in [1.82, 2.24) is 0 Å². The maximum atomic E-state index is 5.98. The van der Waals surface area contributed by atoms with Gasteiger partial charge in [-0.15, -0.1) is 0 Å². The van der Waals surface area contributed by atoms with Gasteiger partial charge in [-0.2, -0.15) is 0 Å². The molecule has 0 spiro atoms. The van der Waals surface area contributed by atoms with Gasteiger partial charge in [-0.25, -0.2) is 0 Å². The summed E-state index contributed by atoms with van der Waals surface area (Å²) in [6.45, 7) is 5.79. The van der Waals surface area contributed by atoms with Gasteiger partial charge in [0.25, 0.3) is 0 Å². The van der Waals surface area contributed by atoms with Crippen molar-refractivity contribution in [3.8, 4) is 17.2 Å². The van der Waals surface area contributed by atoms with Crippen LogP contribution in [0.1, 0.15) is 84.5 Å². The molecule has 144 valence electrons. The Morgan fingerprint density at radius 2 is 1.24 bits per heavy atom. The minimum Gasteiger partial charge on any atom is -0.493 e. The van der Waals surface area contributed by atoms with Crippen LogP contribution in [0.5, 0.6) is 17.2 Å². The van der Waals surface area contributed by atoms with E-state index >= 15 is 0 Å². The van der Waals surface area contributed by atoms with Crippen LogP contribution in [0, 0.1) is 0 Å². The van der Waals surface area contributed by atoms with Gasteiger partial charge in [0.2, 0.25) is 5.75 Å². The van der Waals surface area contributed by atoms with Gasteiger partial charge in [-0.1, -0.05) is 77.7 Å². The van der Waals surface area contributed by atoms with E-state index in [4.69, 9.17) is 14.2 Å². The lowest BCUT2D eigenvalue weighted by molar-refractivity contribution is 0.250. The quantitative estimate of drug-likeness (QED) is 0.307. The van der Waals surface area contributed by atoms with Crippen LogP contribution in [0.15, 0.2) is 18.2 Å². The molecule has 3 heteroatoms. The van der Waals surface area contributed by atoms with E-state index in [9.17, 15) is 0 Å². The minimum absolute atomic E-state index is 0.696. The molecule has 0 heterocycles. The second-order valence-corrected chi connectivity index (χ2v) is 6.67. The molecule has 0 aliphatic rings. The summed E-state index contributed by atoms with van der Waals surface area (Å²) in [6, 6.07) is 5.82. The topological polar surface area (TPSA) is 27.7 Å². The van der Waals surface area contributed by atoms with Gasteiger partial charge in [0.05, 0.1) is 20.3 Å². The van der Waals surface area contributed by atoms with Gasteiger partial charge in [0.15, 0.2) is 11.5 Å². The Kier molecular flexibility index (Phi) is 12.9. The van der Waals surface area contributed by atoms with Crippen LogP contribution in [0.25, 0.3) is 0 Å². The van der Waals surface area contributed by atoms with E-state index in [1.165, 1.54) is 57.8 Å². The van der Waals surface area contributed by atoms with Crippen LogP contribution in [0.4, 0.5) is 0 Å². The summed E-state index contributed by atoms with van der Waals surface area (Å²) in [7, 11) is 1.67. The first-order chi connectivity index (χ1) is 12.3. The molecule has 0 fully saturated rings. The third kappa shape index (κ3) is 9.62. The fourth-order valence-corrected chi connectivity index (χ4v) is 2.89. The molecule has 0 aliphatic carbocycles. The van der Waals surface area contributed by atoms with Crippen molar-refractivity contribution in [3.05, 3.63) is 18.2 Å². The van der Waals surface area contributed by atoms with E-state index in [1.807, 2.05) is 18.2 Å². The Labute approximate surface area is 155 Å². The van der Waals surface area contributed by atoms with Gasteiger partial charge >= 0.3 is 0 Å². The van der Waals surface area contributed by atoms with Crippen molar-refractivity contribution in [2.75, 3.05) is 20.3 Å². The number of hydrogen-bond acceptors (Lipinski definition) is 3. The van der Waals surface area contributed by atoms with Crippen LogP contribution >= 0.6 is 0 Å². The molecule has 25 heavy (non-hydrogen) atoms. The van der Waals surface area contributed by atoms with E-state index in [0.717, 1.165) is 36.7 Å². The highest BCUT2D eigenvalue weighted by Gasteiger charge is 2.11. The molecule has 1 rings (SSSR count). The second-order valence-electron chi connectivity index (χ2n) is 6.67. The van der Waals surface area contributed by atoms with Gasteiger partial charge in [-0.3, -0.25) is 0 Å². The first-order valence-corrected chi connectivity index (χ1v) is 10.3. The molecule has 1 aromatic rings. The maximum absolute atomic E-state index is 5.98. The lowest BCUT2D eigenvalue weighted by Crippen LogP contribution is -2.03. The molecule has 0 unspecified atom stereocenters. The molecule has 3 nitrogen and oxygen atoms in total. The summed E-state index contributed by atoms with van der Waals surface area (Å²) in [5, 5.41) is 0. The van der Waals surface area contributed by atoms with Crippen molar-refractivity contribution < 1.29 is 14.2 Å². The average molecular weight is 351 g/mol. The summed E-state index contributed by atoms with van der Waals surface area (Å²) in [5.74, 6) is 2.28. The zero-order valence-electron chi connectivity index (χ0n) is 16.6. The van der Waals surface area contributed by atoms with Gasteiger partial charge in [-0.05, 0) is 25.0 Å².